The van der Waals surface area contributed by atoms with E-state index in [-0.39, 0.29) is 0 Å². The molecule has 5 rings (SSSR count). The zero-order valence-corrected chi connectivity index (χ0v) is 24.4. The van der Waals surface area contributed by atoms with E-state index in [1.807, 2.05) is 37.4 Å². The van der Waals surface area contributed by atoms with Crippen LogP contribution in [-0.4, -0.2) is 50.8 Å². The van der Waals surface area contributed by atoms with Gasteiger partial charge in [-0.05, 0) is 88.9 Å². The number of anilines is 5. The quantitative estimate of drug-likeness (QED) is 0.250. The third-order valence-corrected chi connectivity index (χ3v) is 10.3. The van der Waals surface area contributed by atoms with E-state index < -0.39 is 11.0 Å². The molecule has 3 atom stereocenters. The largest absolute Gasteiger partial charge is 0.371 e. The second kappa shape index (κ2) is 11.9. The molecule has 2 fully saturated rings. The summed E-state index contributed by atoms with van der Waals surface area (Å²) in [5.41, 5.74) is 5.56. The summed E-state index contributed by atoms with van der Waals surface area (Å²) in [6.07, 6.45) is 9.82. The molecule has 2 aliphatic rings. The zero-order valence-electron chi connectivity index (χ0n) is 23.6. The van der Waals surface area contributed by atoms with Crippen molar-refractivity contribution in [2.24, 2.45) is 0 Å². The van der Waals surface area contributed by atoms with Crippen LogP contribution in [0.3, 0.4) is 0 Å². The van der Waals surface area contributed by atoms with Crippen LogP contribution in [0.15, 0.2) is 71.3 Å². The lowest BCUT2D eigenvalue weighted by Gasteiger charge is -2.40. The Hall–Kier alpha value is -3.23. The fourth-order valence-corrected chi connectivity index (χ4v) is 7.15. The van der Waals surface area contributed by atoms with Crippen LogP contribution in [0.2, 0.25) is 0 Å². The molecular formula is C31H41N6OS+. The average molecular weight is 546 g/mol. The number of quaternary nitrogens is 1. The first kappa shape index (κ1) is 27.3. The average Bonchev–Trinajstić information content (AvgIpc) is 2.96. The van der Waals surface area contributed by atoms with Crippen molar-refractivity contribution < 1.29 is 8.10 Å². The maximum absolute atomic E-state index is 13.6. The van der Waals surface area contributed by atoms with Gasteiger partial charge >= 0.3 is 0 Å². The van der Waals surface area contributed by atoms with Crippen molar-refractivity contribution in [3.05, 3.63) is 71.9 Å². The van der Waals surface area contributed by atoms with Crippen molar-refractivity contribution in [3.63, 3.8) is 0 Å². The number of nitrogens with one attached hydrogen (secondary N) is 2. The van der Waals surface area contributed by atoms with Crippen LogP contribution in [0.25, 0.3) is 0 Å². The lowest BCUT2D eigenvalue weighted by atomic mass is 10.0. The monoisotopic (exact) mass is 545 g/mol. The van der Waals surface area contributed by atoms with Gasteiger partial charge in [0, 0.05) is 48.3 Å². The van der Waals surface area contributed by atoms with Gasteiger partial charge in [-0.2, -0.15) is 9.19 Å². The smallest absolute Gasteiger partial charge is 0.240 e. The number of benzene rings is 2. The standard InChI is InChI=1S/C31H41N6OS/c1-5-25-16-18-36(19-17-25)28-14-12-26(13-15-28)34-31-32-22-23(2)30(35-31)33-27-10-8-11-29(21-27)39(38)37(4)20-7-6-9-24(37)3/h5,8,10-15,21-22,24H,6-7,9,16-20H2,1-4H3,(H2,32,33,34,35)/q+1. The number of hydrogen-bond donors (Lipinski definition) is 2. The van der Waals surface area contributed by atoms with Gasteiger partial charge in [-0.25, -0.2) is 8.87 Å². The minimum absolute atomic E-state index is 0.383. The molecule has 2 aliphatic heterocycles. The number of likely N-dealkylation sites (tertiary alicyclic amines) is 1. The molecule has 0 bridgehead atoms. The van der Waals surface area contributed by atoms with Crippen LogP contribution >= 0.6 is 0 Å². The molecule has 0 aliphatic carbocycles. The minimum Gasteiger partial charge on any atom is -0.371 e. The summed E-state index contributed by atoms with van der Waals surface area (Å²) in [7, 11) is 1.000. The Morgan fingerprint density at radius 3 is 2.54 bits per heavy atom. The molecule has 1 aromatic heterocycles. The fraction of sp³-hybridized carbons (Fsp3) is 0.419. The van der Waals surface area contributed by atoms with Crippen molar-refractivity contribution >= 4 is 39.8 Å². The Labute approximate surface area is 235 Å². The number of allylic oxidation sites excluding steroid dienone is 1. The predicted molar refractivity (Wildman–Crippen MR) is 162 cm³/mol. The summed E-state index contributed by atoms with van der Waals surface area (Å²) < 4.78 is 14.2. The number of nitrogens with zero attached hydrogens (tertiary/aromatic N) is 4. The molecule has 0 radical (unpaired) electrons. The van der Waals surface area contributed by atoms with Gasteiger partial charge in [0.1, 0.15) is 5.82 Å². The number of hydrogen-bond acceptors (Lipinski definition) is 6. The van der Waals surface area contributed by atoms with Crippen molar-refractivity contribution in [1.29, 1.82) is 0 Å². The van der Waals surface area contributed by atoms with E-state index in [2.05, 4.69) is 71.8 Å². The van der Waals surface area contributed by atoms with Crippen LogP contribution in [0.5, 0.6) is 0 Å². The SMILES string of the molecule is CC=C1CCN(c2ccc(Nc3ncc(C)c(Nc4cccc(S(=O)[N+]5(C)CCCCC5C)c4)n3)cc2)CC1. The van der Waals surface area contributed by atoms with E-state index in [0.717, 1.165) is 73.0 Å². The fourth-order valence-electron chi connectivity index (χ4n) is 5.52. The van der Waals surface area contributed by atoms with Crippen molar-refractivity contribution in [1.82, 2.24) is 9.97 Å². The molecular weight excluding hydrogens is 504 g/mol. The third-order valence-electron chi connectivity index (χ3n) is 8.36. The molecule has 0 spiro atoms. The van der Waals surface area contributed by atoms with Crippen molar-refractivity contribution in [3.8, 4) is 0 Å². The highest BCUT2D eigenvalue weighted by Gasteiger charge is 2.39. The van der Waals surface area contributed by atoms with Crippen LogP contribution in [0.4, 0.5) is 28.8 Å². The van der Waals surface area contributed by atoms with Crippen LogP contribution in [0, 0.1) is 6.92 Å². The minimum atomic E-state index is -1.13. The van der Waals surface area contributed by atoms with E-state index in [9.17, 15) is 4.21 Å². The highest BCUT2D eigenvalue weighted by Crippen LogP contribution is 2.31. The first-order chi connectivity index (χ1) is 18.9. The molecule has 3 aromatic rings. The number of rotatable bonds is 7. The first-order valence-corrected chi connectivity index (χ1v) is 15.2. The lowest BCUT2D eigenvalue weighted by Crippen LogP contribution is -2.54. The maximum Gasteiger partial charge on any atom is 0.240 e. The van der Waals surface area contributed by atoms with Gasteiger partial charge in [0.05, 0.1) is 24.5 Å². The summed E-state index contributed by atoms with van der Waals surface area (Å²) in [6.45, 7) is 9.42. The Morgan fingerprint density at radius 2 is 1.82 bits per heavy atom. The molecule has 2 aromatic carbocycles. The topological polar surface area (TPSA) is 70.2 Å². The molecule has 7 nitrogen and oxygen atoms in total. The second-order valence-electron chi connectivity index (χ2n) is 11.0. The lowest BCUT2D eigenvalue weighted by molar-refractivity contribution is -0.812. The van der Waals surface area contributed by atoms with E-state index in [4.69, 9.17) is 4.98 Å². The first-order valence-electron chi connectivity index (χ1n) is 14.1. The predicted octanol–water partition coefficient (Wildman–Crippen LogP) is 6.86. The Balaban J connectivity index is 1.27. The van der Waals surface area contributed by atoms with E-state index in [1.54, 1.807) is 5.57 Å². The van der Waals surface area contributed by atoms with E-state index in [1.165, 1.54) is 12.1 Å². The summed E-state index contributed by atoms with van der Waals surface area (Å²) in [5, 5.41) is 6.78. The summed E-state index contributed by atoms with van der Waals surface area (Å²) >= 11 is 0. The van der Waals surface area contributed by atoms with Gasteiger partial charge in [0.15, 0.2) is 0 Å². The molecule has 2 saturated heterocycles. The van der Waals surface area contributed by atoms with Gasteiger partial charge in [-0.3, -0.25) is 0 Å². The normalized spacial score (nSPS) is 22.3. The second-order valence-corrected chi connectivity index (χ2v) is 12.8. The number of aryl methyl sites for hydroxylation is 1. The highest BCUT2D eigenvalue weighted by atomic mass is 32.2. The van der Waals surface area contributed by atoms with E-state index >= 15 is 0 Å². The molecule has 3 heterocycles. The highest BCUT2D eigenvalue weighted by molar-refractivity contribution is 7.79. The van der Waals surface area contributed by atoms with Gasteiger partial charge in [0.25, 0.3) is 0 Å². The number of piperidine rings is 2. The Kier molecular flexibility index (Phi) is 8.33. The van der Waals surface area contributed by atoms with Gasteiger partial charge < -0.3 is 15.5 Å². The molecule has 3 unspecified atom stereocenters. The Morgan fingerprint density at radius 1 is 1.05 bits per heavy atom. The van der Waals surface area contributed by atoms with Crippen LogP contribution < -0.4 is 15.5 Å². The van der Waals surface area contributed by atoms with Crippen molar-refractivity contribution in [2.75, 3.05) is 42.2 Å². The van der Waals surface area contributed by atoms with Crippen LogP contribution in [-0.2, 0) is 11.0 Å². The van der Waals surface area contributed by atoms with Crippen molar-refractivity contribution in [2.45, 2.75) is 63.8 Å². The molecule has 8 heteroatoms. The third kappa shape index (κ3) is 6.17. The molecule has 0 saturated carbocycles. The number of aromatic nitrogens is 2. The molecule has 39 heavy (non-hydrogen) atoms. The molecule has 0 amide bonds. The Bertz CT molecular complexity index is 1350. The maximum atomic E-state index is 13.6. The summed E-state index contributed by atoms with van der Waals surface area (Å²) in [5.74, 6) is 1.26. The van der Waals surface area contributed by atoms with Gasteiger partial charge in [-0.15, -0.1) is 0 Å². The summed E-state index contributed by atoms with van der Waals surface area (Å²) in [4.78, 5) is 12.5. The van der Waals surface area contributed by atoms with Crippen LogP contribution in [0.1, 0.15) is 51.5 Å². The molecule has 2 N–H and O–H groups in total. The zero-order chi connectivity index (χ0) is 27.4. The van der Waals surface area contributed by atoms with Gasteiger partial charge in [-0.1, -0.05) is 17.7 Å². The van der Waals surface area contributed by atoms with E-state index in [0.29, 0.717) is 15.9 Å². The van der Waals surface area contributed by atoms with Gasteiger partial charge in [0.2, 0.25) is 16.9 Å². The molecule has 206 valence electrons. The summed E-state index contributed by atoms with van der Waals surface area (Å²) in [6, 6.07) is 16.8.